The average Bonchev–Trinajstić information content (AvgIpc) is 2.57. The van der Waals surface area contributed by atoms with Crippen molar-refractivity contribution in [3.8, 4) is 5.75 Å². The maximum absolute atomic E-state index is 13.1. The number of aromatic hydroxyl groups is 1. The number of carbonyl (C=O) groups excluding carboxylic acids is 1. The molecule has 4 nitrogen and oxygen atoms in total. The quantitative estimate of drug-likeness (QED) is 0.891. The summed E-state index contributed by atoms with van der Waals surface area (Å²) in [6.07, 6.45) is 0.713. The second-order valence-corrected chi connectivity index (χ2v) is 6.38. The Morgan fingerprint density at radius 2 is 1.96 bits per heavy atom. The minimum absolute atomic E-state index is 0.0140. The molecule has 0 bridgehead atoms. The van der Waals surface area contributed by atoms with Crippen LogP contribution in [-0.2, 0) is 0 Å². The van der Waals surface area contributed by atoms with Crippen LogP contribution in [0.25, 0.3) is 0 Å². The van der Waals surface area contributed by atoms with Crippen LogP contribution in [0.5, 0.6) is 5.75 Å². The molecular formula is C19H21FN2O2. The number of nitrogens with zero attached hydrogens (tertiary/aromatic N) is 1. The van der Waals surface area contributed by atoms with E-state index in [-0.39, 0.29) is 29.4 Å². The molecule has 2 atom stereocenters. The molecule has 0 unspecified atom stereocenters. The first-order valence-corrected chi connectivity index (χ1v) is 8.05. The van der Waals surface area contributed by atoms with Gasteiger partial charge in [-0.05, 0) is 43.2 Å². The fourth-order valence-corrected chi connectivity index (χ4v) is 3.28. The number of benzene rings is 2. The molecule has 0 aliphatic carbocycles. The first-order valence-electron chi connectivity index (χ1n) is 8.05. The van der Waals surface area contributed by atoms with Gasteiger partial charge in [-0.2, -0.15) is 0 Å². The van der Waals surface area contributed by atoms with Crippen LogP contribution in [-0.4, -0.2) is 35.0 Å². The Kier molecular flexibility index (Phi) is 4.53. The van der Waals surface area contributed by atoms with Gasteiger partial charge in [-0.3, -0.25) is 4.79 Å². The van der Waals surface area contributed by atoms with E-state index in [0.29, 0.717) is 25.1 Å². The number of hydrogen-bond donors (Lipinski definition) is 2. The van der Waals surface area contributed by atoms with Crippen molar-refractivity contribution in [2.75, 3.05) is 13.1 Å². The summed E-state index contributed by atoms with van der Waals surface area (Å²) in [5, 5.41) is 9.94. The molecule has 24 heavy (non-hydrogen) atoms. The number of halogens is 1. The Hall–Kier alpha value is -2.40. The van der Waals surface area contributed by atoms with Crippen LogP contribution < -0.4 is 5.73 Å². The number of nitrogens with two attached hydrogens (primary N) is 1. The molecule has 5 heteroatoms. The van der Waals surface area contributed by atoms with Crippen LogP contribution in [0.3, 0.4) is 0 Å². The summed E-state index contributed by atoms with van der Waals surface area (Å²) in [5.41, 5.74) is 8.49. The van der Waals surface area contributed by atoms with Crippen molar-refractivity contribution in [3.63, 3.8) is 0 Å². The molecule has 0 aromatic heterocycles. The standard InChI is InChI=1S/C19H21FN2O2/c1-12-2-7-18(23)16(10-12)19(24)22-9-8-15(17(21)11-22)13-3-5-14(20)6-4-13/h2-7,10,15,17,23H,8-9,11,21H2,1H3/t15-,17+/m1/s1. The van der Waals surface area contributed by atoms with Gasteiger partial charge in [0, 0.05) is 25.0 Å². The van der Waals surface area contributed by atoms with Gasteiger partial charge >= 0.3 is 0 Å². The summed E-state index contributed by atoms with van der Waals surface area (Å²) >= 11 is 0. The highest BCUT2D eigenvalue weighted by atomic mass is 19.1. The first kappa shape index (κ1) is 16.5. The molecule has 3 N–H and O–H groups in total. The summed E-state index contributed by atoms with van der Waals surface area (Å²) < 4.78 is 13.1. The monoisotopic (exact) mass is 328 g/mol. The molecule has 2 aromatic rings. The highest BCUT2D eigenvalue weighted by molar-refractivity contribution is 5.97. The Morgan fingerprint density at radius 3 is 2.62 bits per heavy atom. The average molecular weight is 328 g/mol. The van der Waals surface area contributed by atoms with Crippen LogP contribution in [0.2, 0.25) is 0 Å². The molecular weight excluding hydrogens is 307 g/mol. The maximum atomic E-state index is 13.1. The van der Waals surface area contributed by atoms with Gasteiger partial charge in [0.25, 0.3) is 5.91 Å². The van der Waals surface area contributed by atoms with Gasteiger partial charge in [0.1, 0.15) is 11.6 Å². The summed E-state index contributed by atoms with van der Waals surface area (Å²) in [7, 11) is 0. The Bertz CT molecular complexity index is 746. The van der Waals surface area contributed by atoms with E-state index in [4.69, 9.17) is 5.73 Å². The third kappa shape index (κ3) is 3.26. The van der Waals surface area contributed by atoms with Crippen molar-refractivity contribution in [1.82, 2.24) is 4.90 Å². The largest absolute Gasteiger partial charge is 0.507 e. The Balaban J connectivity index is 1.74. The van der Waals surface area contributed by atoms with Gasteiger partial charge in [0.2, 0.25) is 0 Å². The zero-order valence-corrected chi connectivity index (χ0v) is 13.6. The lowest BCUT2D eigenvalue weighted by molar-refractivity contribution is 0.0690. The summed E-state index contributed by atoms with van der Waals surface area (Å²) in [6.45, 7) is 2.85. The number of amides is 1. The van der Waals surface area contributed by atoms with Crippen LogP contribution in [0, 0.1) is 12.7 Å². The summed E-state index contributed by atoms with van der Waals surface area (Å²) in [4.78, 5) is 14.3. The lowest BCUT2D eigenvalue weighted by atomic mass is 9.85. The first-order chi connectivity index (χ1) is 11.5. The molecule has 1 saturated heterocycles. The van der Waals surface area contributed by atoms with Crippen LogP contribution in [0.4, 0.5) is 4.39 Å². The van der Waals surface area contributed by atoms with Crippen molar-refractivity contribution >= 4 is 5.91 Å². The van der Waals surface area contributed by atoms with Gasteiger partial charge in [0.05, 0.1) is 5.56 Å². The molecule has 1 fully saturated rings. The van der Waals surface area contributed by atoms with Crippen LogP contribution >= 0.6 is 0 Å². The number of phenolic OH excluding ortho intramolecular Hbond substituents is 1. The van der Waals surface area contributed by atoms with E-state index in [1.54, 1.807) is 29.2 Å². The SMILES string of the molecule is Cc1ccc(O)c(C(=O)N2CC[C@H](c3ccc(F)cc3)[C@@H](N)C2)c1. The van der Waals surface area contributed by atoms with E-state index in [0.717, 1.165) is 11.1 Å². The molecule has 1 aliphatic rings. The lowest BCUT2D eigenvalue weighted by Crippen LogP contribution is -2.49. The maximum Gasteiger partial charge on any atom is 0.257 e. The van der Waals surface area contributed by atoms with E-state index in [2.05, 4.69) is 0 Å². The zero-order chi connectivity index (χ0) is 17.3. The van der Waals surface area contributed by atoms with Gasteiger partial charge < -0.3 is 15.7 Å². The Labute approximate surface area is 140 Å². The molecule has 1 aliphatic heterocycles. The summed E-state index contributed by atoms with van der Waals surface area (Å²) in [6, 6.07) is 11.1. The van der Waals surface area contributed by atoms with Gasteiger partial charge in [0.15, 0.2) is 0 Å². The highest BCUT2D eigenvalue weighted by Gasteiger charge is 2.31. The molecule has 0 spiro atoms. The van der Waals surface area contributed by atoms with E-state index in [9.17, 15) is 14.3 Å². The van der Waals surface area contributed by atoms with E-state index in [1.807, 2.05) is 6.92 Å². The predicted octanol–water partition coefficient (Wildman–Crippen LogP) is 2.80. The summed E-state index contributed by atoms with van der Waals surface area (Å²) in [5.74, 6) is -0.389. The third-order valence-corrected chi connectivity index (χ3v) is 4.63. The van der Waals surface area contributed by atoms with Gasteiger partial charge in [-0.25, -0.2) is 4.39 Å². The topological polar surface area (TPSA) is 66.6 Å². The smallest absolute Gasteiger partial charge is 0.257 e. The fraction of sp³-hybridized carbons (Fsp3) is 0.316. The minimum atomic E-state index is -0.269. The number of hydrogen-bond acceptors (Lipinski definition) is 3. The van der Waals surface area contributed by atoms with E-state index < -0.39 is 0 Å². The van der Waals surface area contributed by atoms with Crippen LogP contribution in [0.15, 0.2) is 42.5 Å². The molecule has 126 valence electrons. The van der Waals surface area contributed by atoms with Crippen LogP contribution in [0.1, 0.15) is 33.8 Å². The van der Waals surface area contributed by atoms with E-state index >= 15 is 0 Å². The fourth-order valence-electron chi connectivity index (χ4n) is 3.28. The van der Waals surface area contributed by atoms with Crippen molar-refractivity contribution < 1.29 is 14.3 Å². The van der Waals surface area contributed by atoms with Crippen molar-refractivity contribution in [2.45, 2.75) is 25.3 Å². The minimum Gasteiger partial charge on any atom is -0.507 e. The number of aryl methyl sites for hydroxylation is 1. The van der Waals surface area contributed by atoms with E-state index in [1.165, 1.54) is 18.2 Å². The molecule has 2 aromatic carbocycles. The second-order valence-electron chi connectivity index (χ2n) is 6.38. The van der Waals surface area contributed by atoms with Gasteiger partial charge in [-0.1, -0.05) is 23.8 Å². The molecule has 0 radical (unpaired) electrons. The van der Waals surface area contributed by atoms with Gasteiger partial charge in [-0.15, -0.1) is 0 Å². The normalized spacial score (nSPS) is 20.9. The number of carbonyl (C=O) groups is 1. The predicted molar refractivity (Wildman–Crippen MR) is 90.5 cm³/mol. The molecule has 3 rings (SSSR count). The molecule has 1 heterocycles. The number of piperidine rings is 1. The second kappa shape index (κ2) is 6.61. The number of likely N-dealkylation sites (tertiary alicyclic amines) is 1. The zero-order valence-electron chi connectivity index (χ0n) is 13.6. The highest BCUT2D eigenvalue weighted by Crippen LogP contribution is 2.29. The number of rotatable bonds is 2. The van der Waals surface area contributed by atoms with Crippen molar-refractivity contribution in [1.29, 1.82) is 0 Å². The van der Waals surface area contributed by atoms with Crippen molar-refractivity contribution in [3.05, 3.63) is 65.0 Å². The van der Waals surface area contributed by atoms with Crippen molar-refractivity contribution in [2.24, 2.45) is 5.73 Å². The lowest BCUT2D eigenvalue weighted by Gasteiger charge is -2.37. The third-order valence-electron chi connectivity index (χ3n) is 4.63. The Morgan fingerprint density at radius 1 is 1.25 bits per heavy atom. The molecule has 1 amide bonds. The molecule has 0 saturated carbocycles. The number of phenols is 1.